The maximum atomic E-state index is 12.9. The van der Waals surface area contributed by atoms with Gasteiger partial charge in [0, 0.05) is 19.4 Å². The Balaban J connectivity index is 4.47. The molecule has 1 unspecified atom stereocenters. The zero-order valence-electron chi connectivity index (χ0n) is 45.0. The first kappa shape index (κ1) is 65.5. The molecular weight excluding hydrogens is 861 g/mol. The van der Waals surface area contributed by atoms with Crippen LogP contribution in [0.2, 0.25) is 0 Å². The van der Waals surface area contributed by atoms with E-state index in [1.807, 2.05) is 0 Å². The molecule has 0 saturated carbocycles. The van der Waals surface area contributed by atoms with E-state index >= 15 is 0 Å². The number of esters is 2. The fourth-order valence-electron chi connectivity index (χ4n) is 6.99. The van der Waals surface area contributed by atoms with E-state index in [1.165, 1.54) is 0 Å². The molecule has 0 aliphatic rings. The Morgan fingerprint density at radius 3 is 0.943 bits per heavy atom. The lowest BCUT2D eigenvalue weighted by Crippen LogP contribution is -2.30. The fraction of sp³-hybridized carbons (Fsp3) is 0.569. The Labute approximate surface area is 431 Å². The van der Waals surface area contributed by atoms with Crippen molar-refractivity contribution >= 4 is 11.9 Å². The summed E-state index contributed by atoms with van der Waals surface area (Å²) in [6.45, 7) is 7.36. The van der Waals surface area contributed by atoms with Crippen molar-refractivity contribution in [3.8, 4) is 0 Å². The van der Waals surface area contributed by atoms with Gasteiger partial charge < -0.3 is 14.2 Å². The predicted octanol–water partition coefficient (Wildman–Crippen LogP) is 19.5. The molecule has 5 heteroatoms. The van der Waals surface area contributed by atoms with E-state index in [-0.39, 0.29) is 25.2 Å². The highest BCUT2D eigenvalue weighted by Gasteiger charge is 2.17. The molecule has 0 heterocycles. The largest absolute Gasteiger partial charge is 0.462 e. The highest BCUT2D eigenvalue weighted by atomic mass is 16.6. The van der Waals surface area contributed by atoms with Gasteiger partial charge in [0.05, 0.1) is 6.61 Å². The summed E-state index contributed by atoms with van der Waals surface area (Å²) < 4.78 is 17.4. The highest BCUT2D eigenvalue weighted by Crippen LogP contribution is 2.12. The summed E-state index contributed by atoms with van der Waals surface area (Å²) in [5.74, 6) is -0.479. The average Bonchev–Trinajstić information content (AvgIpc) is 3.36. The third-order valence-corrected chi connectivity index (χ3v) is 11.0. The van der Waals surface area contributed by atoms with Crippen molar-refractivity contribution in [1.82, 2.24) is 0 Å². The summed E-state index contributed by atoms with van der Waals surface area (Å²) in [5, 5.41) is 0. The van der Waals surface area contributed by atoms with Crippen LogP contribution in [0.15, 0.2) is 158 Å². The molecule has 0 radical (unpaired) electrons. The molecule has 0 aromatic heterocycles. The van der Waals surface area contributed by atoms with Crippen molar-refractivity contribution in [2.45, 2.75) is 219 Å². The van der Waals surface area contributed by atoms with Gasteiger partial charge in [0.2, 0.25) is 0 Å². The van der Waals surface area contributed by atoms with E-state index < -0.39 is 6.10 Å². The first-order chi connectivity index (χ1) is 34.6. The van der Waals surface area contributed by atoms with Gasteiger partial charge >= 0.3 is 11.9 Å². The molecule has 0 fully saturated rings. The van der Waals surface area contributed by atoms with Gasteiger partial charge in [-0.15, -0.1) is 0 Å². The van der Waals surface area contributed by atoms with E-state index in [0.29, 0.717) is 19.4 Å². The molecule has 0 aromatic rings. The van der Waals surface area contributed by atoms with Crippen molar-refractivity contribution in [2.24, 2.45) is 0 Å². The third kappa shape index (κ3) is 56.1. The van der Waals surface area contributed by atoms with E-state index in [0.717, 1.165) is 180 Å². The molecule has 0 aromatic carbocycles. The van der Waals surface area contributed by atoms with Gasteiger partial charge in [-0.05, 0) is 141 Å². The average molecular weight is 964 g/mol. The minimum atomic E-state index is -0.587. The van der Waals surface area contributed by atoms with Crippen LogP contribution in [-0.2, 0) is 23.8 Å². The number of rotatable bonds is 49. The lowest BCUT2D eigenvalue weighted by atomic mass is 10.1. The van der Waals surface area contributed by atoms with E-state index in [1.54, 1.807) is 0 Å². The maximum Gasteiger partial charge on any atom is 0.306 e. The molecule has 392 valence electrons. The van der Waals surface area contributed by atoms with Crippen molar-refractivity contribution in [3.63, 3.8) is 0 Å². The second kappa shape index (κ2) is 58.8. The van der Waals surface area contributed by atoms with Crippen molar-refractivity contribution in [2.75, 3.05) is 19.8 Å². The highest BCUT2D eigenvalue weighted by molar-refractivity contribution is 5.70. The Morgan fingerprint density at radius 2 is 0.600 bits per heavy atom. The lowest BCUT2D eigenvalue weighted by Gasteiger charge is -2.18. The standard InChI is InChI=1S/C65H102O5/c1-4-7-10-13-16-19-22-25-28-31-32-33-36-39-42-45-48-51-54-57-60-68-61-63(70-65(67)59-56-53-50-47-44-41-38-35-30-27-24-21-18-15-12-9-6-3)62-69-64(66)58-55-52-49-46-43-40-37-34-29-26-23-20-17-14-11-8-5-2/h7-12,16-21,25-30,32-33,37-42,63H,4-6,13-15,22-24,31,34-36,43-62H2,1-3H3/b10-7-,11-8-,12-9-,19-16-,20-17-,21-18-,28-25-,29-26-,30-27-,33-32-,40-37-,41-38-,42-39-. The van der Waals surface area contributed by atoms with Crippen LogP contribution >= 0.6 is 0 Å². The summed E-state index contributed by atoms with van der Waals surface area (Å²) in [6, 6.07) is 0. The maximum absolute atomic E-state index is 12.9. The van der Waals surface area contributed by atoms with E-state index in [2.05, 4.69) is 179 Å². The fourth-order valence-corrected chi connectivity index (χ4v) is 6.99. The molecule has 0 amide bonds. The van der Waals surface area contributed by atoms with E-state index in [9.17, 15) is 9.59 Å². The molecule has 5 nitrogen and oxygen atoms in total. The van der Waals surface area contributed by atoms with Crippen molar-refractivity contribution in [1.29, 1.82) is 0 Å². The Bertz CT molecular complexity index is 1560. The summed E-state index contributed by atoms with van der Waals surface area (Å²) in [5.41, 5.74) is 0. The van der Waals surface area contributed by atoms with E-state index in [4.69, 9.17) is 14.2 Å². The molecule has 1 atom stereocenters. The first-order valence-electron chi connectivity index (χ1n) is 28.0. The molecule has 0 aliphatic carbocycles. The molecule has 0 rings (SSSR count). The number of allylic oxidation sites excluding steroid dienone is 26. The molecule has 0 saturated heterocycles. The van der Waals surface area contributed by atoms with Crippen LogP contribution in [0.4, 0.5) is 0 Å². The summed E-state index contributed by atoms with van der Waals surface area (Å²) in [7, 11) is 0. The zero-order chi connectivity index (χ0) is 50.6. The van der Waals surface area contributed by atoms with Crippen LogP contribution < -0.4 is 0 Å². The summed E-state index contributed by atoms with van der Waals surface area (Å²) in [6.07, 6.45) is 86.9. The number of hydrogen-bond donors (Lipinski definition) is 0. The van der Waals surface area contributed by atoms with Crippen molar-refractivity contribution < 1.29 is 23.8 Å². The van der Waals surface area contributed by atoms with Gasteiger partial charge in [-0.25, -0.2) is 0 Å². The van der Waals surface area contributed by atoms with Gasteiger partial charge in [0.1, 0.15) is 6.61 Å². The molecule has 70 heavy (non-hydrogen) atoms. The second-order valence-corrected chi connectivity index (χ2v) is 17.7. The zero-order valence-corrected chi connectivity index (χ0v) is 45.0. The van der Waals surface area contributed by atoms with Gasteiger partial charge in [-0.3, -0.25) is 9.59 Å². The van der Waals surface area contributed by atoms with Gasteiger partial charge in [-0.1, -0.05) is 217 Å². The molecule has 0 N–H and O–H groups in total. The van der Waals surface area contributed by atoms with Crippen LogP contribution in [0.1, 0.15) is 213 Å². The predicted molar refractivity (Wildman–Crippen MR) is 306 cm³/mol. The number of carbonyl (C=O) groups is 2. The number of carbonyl (C=O) groups excluding carboxylic acids is 2. The van der Waals surface area contributed by atoms with Crippen LogP contribution in [0.25, 0.3) is 0 Å². The minimum absolute atomic E-state index is 0.0402. The molecule has 0 aliphatic heterocycles. The van der Waals surface area contributed by atoms with Crippen molar-refractivity contribution in [3.05, 3.63) is 158 Å². The first-order valence-corrected chi connectivity index (χ1v) is 28.0. The lowest BCUT2D eigenvalue weighted by molar-refractivity contribution is -0.163. The molecule has 0 bridgehead atoms. The molecular formula is C65H102O5. The number of unbranched alkanes of at least 4 members (excludes halogenated alkanes) is 12. The second-order valence-electron chi connectivity index (χ2n) is 17.7. The minimum Gasteiger partial charge on any atom is -0.462 e. The quantitative estimate of drug-likeness (QED) is 0.0345. The molecule has 0 spiro atoms. The normalized spacial score (nSPS) is 13.5. The van der Waals surface area contributed by atoms with Gasteiger partial charge in [0.15, 0.2) is 6.10 Å². The Hall–Kier alpha value is -4.48. The van der Waals surface area contributed by atoms with Crippen LogP contribution in [0.3, 0.4) is 0 Å². The van der Waals surface area contributed by atoms with Gasteiger partial charge in [-0.2, -0.15) is 0 Å². The van der Waals surface area contributed by atoms with Crippen LogP contribution in [0, 0.1) is 0 Å². The summed E-state index contributed by atoms with van der Waals surface area (Å²) in [4.78, 5) is 25.5. The number of hydrogen-bond acceptors (Lipinski definition) is 5. The third-order valence-electron chi connectivity index (χ3n) is 11.0. The monoisotopic (exact) mass is 963 g/mol. The Morgan fingerprint density at radius 1 is 0.314 bits per heavy atom. The Kier molecular flexibility index (Phi) is 55.1. The van der Waals surface area contributed by atoms with Crippen LogP contribution in [0.5, 0.6) is 0 Å². The summed E-state index contributed by atoms with van der Waals surface area (Å²) >= 11 is 0. The number of ether oxygens (including phenoxy) is 3. The van der Waals surface area contributed by atoms with Gasteiger partial charge in [0.25, 0.3) is 0 Å². The topological polar surface area (TPSA) is 61.8 Å². The smallest absolute Gasteiger partial charge is 0.306 e. The van der Waals surface area contributed by atoms with Crippen LogP contribution in [-0.4, -0.2) is 37.9 Å². The SMILES string of the molecule is CC/C=C\C/C=C\C/C=C\C/C=C\C/C=C\CCCCCCOCC(COC(=O)CCCCCC/C=C\C/C=C\C/C=C\C/C=C\CC)OC(=O)CCCCCC/C=C\C/C=C\C/C=C\C/C=C\CC.